The molecule has 0 saturated carbocycles. The second-order valence-corrected chi connectivity index (χ2v) is 5.84. The lowest BCUT2D eigenvalue weighted by molar-refractivity contribution is 0.575. The third kappa shape index (κ3) is 3.12. The van der Waals surface area contributed by atoms with Gasteiger partial charge in [-0.3, -0.25) is 9.97 Å². The summed E-state index contributed by atoms with van der Waals surface area (Å²) in [4.78, 5) is 8.57. The van der Waals surface area contributed by atoms with Crippen LogP contribution in [-0.2, 0) is 6.54 Å². The van der Waals surface area contributed by atoms with Crippen molar-refractivity contribution in [1.29, 1.82) is 0 Å². The summed E-state index contributed by atoms with van der Waals surface area (Å²) in [5, 5.41) is 4.69. The van der Waals surface area contributed by atoms with Crippen LogP contribution in [0.5, 0.6) is 0 Å². The first kappa shape index (κ1) is 14.2. The molecule has 0 aliphatic heterocycles. The lowest BCUT2D eigenvalue weighted by Gasteiger charge is -2.15. The largest absolute Gasteiger partial charge is 0.306 e. The molecule has 0 aliphatic carbocycles. The zero-order chi connectivity index (χ0) is 14.7. The highest BCUT2D eigenvalue weighted by Gasteiger charge is 2.08. The van der Waals surface area contributed by atoms with E-state index >= 15 is 0 Å². The molecule has 3 nitrogen and oxygen atoms in total. The number of nitrogens with zero attached hydrogens (tertiary/aromatic N) is 2. The molecule has 3 rings (SSSR count). The molecule has 106 valence electrons. The molecule has 0 fully saturated rings. The number of halogens is 1. The third-order valence-corrected chi connectivity index (χ3v) is 4.30. The van der Waals surface area contributed by atoms with E-state index in [-0.39, 0.29) is 6.04 Å². The monoisotopic (exact) mass is 341 g/mol. The molecule has 4 heteroatoms. The van der Waals surface area contributed by atoms with E-state index in [1.165, 1.54) is 11.1 Å². The van der Waals surface area contributed by atoms with Gasteiger partial charge in [0.05, 0.1) is 5.52 Å². The summed E-state index contributed by atoms with van der Waals surface area (Å²) in [6.07, 6.45) is 5.48. The quantitative estimate of drug-likeness (QED) is 0.771. The molecular formula is C17H16BrN3. The van der Waals surface area contributed by atoms with Crippen molar-refractivity contribution in [3.05, 3.63) is 70.6 Å². The maximum atomic E-state index is 4.51. The van der Waals surface area contributed by atoms with E-state index in [9.17, 15) is 0 Å². The van der Waals surface area contributed by atoms with E-state index in [1.807, 2.05) is 36.8 Å². The number of aromatic nitrogens is 2. The van der Waals surface area contributed by atoms with Crippen LogP contribution >= 0.6 is 15.9 Å². The summed E-state index contributed by atoms with van der Waals surface area (Å²) in [6.45, 7) is 2.94. The maximum absolute atomic E-state index is 4.51. The second kappa shape index (κ2) is 6.33. The van der Waals surface area contributed by atoms with Gasteiger partial charge in [0.2, 0.25) is 0 Å². The van der Waals surface area contributed by atoms with Gasteiger partial charge in [0.1, 0.15) is 0 Å². The van der Waals surface area contributed by atoms with Gasteiger partial charge in [-0.15, -0.1) is 0 Å². The second-order valence-electron chi connectivity index (χ2n) is 4.99. The van der Waals surface area contributed by atoms with Gasteiger partial charge in [0, 0.05) is 41.0 Å². The van der Waals surface area contributed by atoms with Crippen LogP contribution in [-0.4, -0.2) is 9.97 Å². The van der Waals surface area contributed by atoms with Gasteiger partial charge >= 0.3 is 0 Å². The van der Waals surface area contributed by atoms with Crippen molar-refractivity contribution < 1.29 is 0 Å². The van der Waals surface area contributed by atoms with Gasteiger partial charge in [-0.05, 0) is 42.3 Å². The van der Waals surface area contributed by atoms with Crippen LogP contribution in [0.3, 0.4) is 0 Å². The highest BCUT2D eigenvalue weighted by molar-refractivity contribution is 9.10. The van der Waals surface area contributed by atoms with Crippen molar-refractivity contribution in [2.24, 2.45) is 0 Å². The summed E-state index contributed by atoms with van der Waals surface area (Å²) in [5.41, 5.74) is 3.48. The van der Waals surface area contributed by atoms with E-state index in [1.54, 1.807) is 0 Å². The molecule has 21 heavy (non-hydrogen) atoms. The molecule has 0 radical (unpaired) electrons. The zero-order valence-corrected chi connectivity index (χ0v) is 13.3. The Morgan fingerprint density at radius 2 is 1.90 bits per heavy atom. The van der Waals surface area contributed by atoms with Crippen molar-refractivity contribution in [3.63, 3.8) is 0 Å². The molecule has 0 amide bonds. The van der Waals surface area contributed by atoms with Crippen molar-refractivity contribution in [2.75, 3.05) is 0 Å². The van der Waals surface area contributed by atoms with Crippen LogP contribution in [0, 0.1) is 0 Å². The average Bonchev–Trinajstić information content (AvgIpc) is 2.55. The van der Waals surface area contributed by atoms with Crippen molar-refractivity contribution in [3.8, 4) is 0 Å². The summed E-state index contributed by atoms with van der Waals surface area (Å²) < 4.78 is 1.08. The predicted molar refractivity (Wildman–Crippen MR) is 88.9 cm³/mol. The minimum absolute atomic E-state index is 0.274. The lowest BCUT2D eigenvalue weighted by atomic mass is 10.1. The Bertz CT molecular complexity index is 743. The predicted octanol–water partition coefficient (Wildman–Crippen LogP) is 4.24. The Kier molecular flexibility index (Phi) is 4.27. The Balaban J connectivity index is 1.81. The molecule has 1 N–H and O–H groups in total. The van der Waals surface area contributed by atoms with Crippen LogP contribution in [0.2, 0.25) is 0 Å². The number of pyridine rings is 2. The molecule has 1 aromatic carbocycles. The minimum Gasteiger partial charge on any atom is -0.306 e. The van der Waals surface area contributed by atoms with Crippen molar-refractivity contribution in [1.82, 2.24) is 15.3 Å². The smallest absolute Gasteiger partial charge is 0.0758 e. The molecule has 0 aliphatic rings. The highest BCUT2D eigenvalue weighted by atomic mass is 79.9. The SMILES string of the molecule is C[C@H](NCc1ccc(Br)c2cccnc12)c1ccncc1. The van der Waals surface area contributed by atoms with Crippen LogP contribution in [0.4, 0.5) is 0 Å². The number of hydrogen-bond acceptors (Lipinski definition) is 3. The maximum Gasteiger partial charge on any atom is 0.0758 e. The van der Waals surface area contributed by atoms with Gasteiger partial charge in [-0.2, -0.15) is 0 Å². The summed E-state index contributed by atoms with van der Waals surface area (Å²) in [7, 11) is 0. The van der Waals surface area contributed by atoms with Gasteiger partial charge < -0.3 is 5.32 Å². The summed E-state index contributed by atoms with van der Waals surface area (Å²) in [5.74, 6) is 0. The Morgan fingerprint density at radius 3 is 2.71 bits per heavy atom. The van der Waals surface area contributed by atoms with Crippen molar-refractivity contribution >= 4 is 26.8 Å². The molecule has 0 unspecified atom stereocenters. The van der Waals surface area contributed by atoms with Gasteiger partial charge in [0.15, 0.2) is 0 Å². The Labute approximate surface area is 132 Å². The first-order valence-electron chi connectivity index (χ1n) is 6.91. The zero-order valence-electron chi connectivity index (χ0n) is 11.8. The number of nitrogens with one attached hydrogen (secondary N) is 1. The third-order valence-electron chi connectivity index (χ3n) is 3.60. The van der Waals surface area contributed by atoms with Gasteiger partial charge in [-0.1, -0.05) is 28.1 Å². The van der Waals surface area contributed by atoms with E-state index in [0.717, 1.165) is 21.9 Å². The Hall–Kier alpha value is -1.78. The standard InChI is InChI=1S/C17H16BrN3/c1-12(13-6-9-19-10-7-13)21-11-14-4-5-16(18)15-3-2-8-20-17(14)15/h2-10,12,21H,11H2,1H3/t12-/m0/s1. The fraction of sp³-hybridized carbons (Fsp3) is 0.176. The summed E-state index contributed by atoms with van der Waals surface area (Å²) in [6, 6.07) is 12.6. The number of fused-ring (bicyclic) bond motifs is 1. The molecule has 3 aromatic rings. The van der Waals surface area contributed by atoms with Crippen LogP contribution in [0.1, 0.15) is 24.1 Å². The first-order valence-corrected chi connectivity index (χ1v) is 7.70. The van der Waals surface area contributed by atoms with E-state index in [4.69, 9.17) is 0 Å². The van der Waals surface area contributed by atoms with E-state index < -0.39 is 0 Å². The number of rotatable bonds is 4. The molecule has 2 aromatic heterocycles. The average molecular weight is 342 g/mol. The van der Waals surface area contributed by atoms with Gasteiger partial charge in [0.25, 0.3) is 0 Å². The summed E-state index contributed by atoms with van der Waals surface area (Å²) >= 11 is 3.58. The van der Waals surface area contributed by atoms with E-state index in [2.05, 4.69) is 56.3 Å². The molecule has 0 saturated heterocycles. The molecule has 1 atom stereocenters. The fourth-order valence-corrected chi connectivity index (χ4v) is 2.82. The number of hydrogen-bond donors (Lipinski definition) is 1. The lowest BCUT2D eigenvalue weighted by Crippen LogP contribution is -2.18. The molecule has 0 bridgehead atoms. The van der Waals surface area contributed by atoms with Crippen LogP contribution < -0.4 is 5.32 Å². The minimum atomic E-state index is 0.274. The normalized spacial score (nSPS) is 12.5. The Morgan fingerprint density at radius 1 is 1.10 bits per heavy atom. The topological polar surface area (TPSA) is 37.8 Å². The molecular weight excluding hydrogens is 326 g/mol. The molecule has 2 heterocycles. The van der Waals surface area contributed by atoms with E-state index in [0.29, 0.717) is 0 Å². The van der Waals surface area contributed by atoms with Crippen molar-refractivity contribution in [2.45, 2.75) is 19.5 Å². The fourth-order valence-electron chi connectivity index (χ4n) is 2.37. The highest BCUT2D eigenvalue weighted by Crippen LogP contribution is 2.25. The molecule has 0 spiro atoms. The first-order chi connectivity index (χ1) is 10.3. The van der Waals surface area contributed by atoms with Crippen LogP contribution in [0.15, 0.2) is 59.5 Å². The van der Waals surface area contributed by atoms with Crippen LogP contribution in [0.25, 0.3) is 10.9 Å². The number of benzene rings is 1. The van der Waals surface area contributed by atoms with Gasteiger partial charge in [-0.25, -0.2) is 0 Å².